The van der Waals surface area contributed by atoms with Crippen molar-refractivity contribution in [1.82, 2.24) is 9.97 Å². The molecule has 0 aliphatic heterocycles. The van der Waals surface area contributed by atoms with E-state index in [1.807, 2.05) is 6.92 Å². The Morgan fingerprint density at radius 1 is 1.47 bits per heavy atom. The smallest absolute Gasteiger partial charge is 0.261 e. The molecular weight excluding hydrogens is 210 g/mol. The molecule has 0 bridgehead atoms. The number of hydrogen-bond acceptors (Lipinski definition) is 5. The number of nitriles is 1. The summed E-state index contributed by atoms with van der Waals surface area (Å²) in [5.41, 5.74) is 1.40. The van der Waals surface area contributed by atoms with Crippen LogP contribution in [0.3, 0.4) is 0 Å². The van der Waals surface area contributed by atoms with Crippen molar-refractivity contribution in [3.05, 3.63) is 35.9 Å². The Morgan fingerprint density at radius 3 is 3.00 bits per heavy atom. The third-order valence-electron chi connectivity index (χ3n) is 1.66. The lowest BCUT2D eigenvalue weighted by molar-refractivity contribution is 0.454. The fourth-order valence-corrected chi connectivity index (χ4v) is 1.88. The molecule has 2 rings (SSSR count). The number of hydrogen-bond donors (Lipinski definition) is 0. The summed E-state index contributed by atoms with van der Waals surface area (Å²) in [6.45, 7) is 1.85. The van der Waals surface area contributed by atoms with Gasteiger partial charge < -0.3 is 4.42 Å². The van der Waals surface area contributed by atoms with E-state index in [1.54, 1.807) is 18.3 Å². The van der Waals surface area contributed by atoms with Crippen LogP contribution in [-0.2, 0) is 0 Å². The van der Waals surface area contributed by atoms with Crippen LogP contribution in [0.2, 0.25) is 0 Å². The number of aryl methyl sites for hydroxylation is 1. The first-order valence-corrected chi connectivity index (χ1v) is 5.06. The van der Waals surface area contributed by atoms with Crippen LogP contribution < -0.4 is 0 Å². The van der Waals surface area contributed by atoms with Crippen LogP contribution in [0.15, 0.2) is 39.3 Å². The fourth-order valence-electron chi connectivity index (χ4n) is 1.11. The first kappa shape index (κ1) is 9.74. The van der Waals surface area contributed by atoms with Crippen molar-refractivity contribution in [3.8, 4) is 6.07 Å². The normalized spacial score (nSPS) is 9.87. The molecule has 15 heavy (non-hydrogen) atoms. The summed E-state index contributed by atoms with van der Waals surface area (Å²) in [7, 11) is 0. The van der Waals surface area contributed by atoms with Crippen LogP contribution in [0, 0.1) is 18.3 Å². The molecule has 0 aromatic carbocycles. The van der Waals surface area contributed by atoms with Gasteiger partial charge in [-0.3, -0.25) is 0 Å². The molecule has 0 N–H and O–H groups in total. The van der Waals surface area contributed by atoms with Crippen molar-refractivity contribution in [1.29, 1.82) is 5.26 Å². The zero-order chi connectivity index (χ0) is 10.7. The quantitative estimate of drug-likeness (QED) is 0.772. The maximum Gasteiger partial charge on any atom is 0.261 e. The molecule has 74 valence electrons. The van der Waals surface area contributed by atoms with Gasteiger partial charge in [0.05, 0.1) is 17.8 Å². The van der Waals surface area contributed by atoms with E-state index in [4.69, 9.17) is 9.68 Å². The van der Waals surface area contributed by atoms with Gasteiger partial charge >= 0.3 is 0 Å². The van der Waals surface area contributed by atoms with Gasteiger partial charge in [-0.15, -0.1) is 0 Å². The highest BCUT2D eigenvalue weighted by Gasteiger charge is 2.05. The van der Waals surface area contributed by atoms with Crippen LogP contribution in [0.25, 0.3) is 0 Å². The van der Waals surface area contributed by atoms with E-state index in [0.29, 0.717) is 15.8 Å². The van der Waals surface area contributed by atoms with E-state index < -0.39 is 0 Å². The summed E-state index contributed by atoms with van der Waals surface area (Å²) in [5.74, 6) is 0. The fraction of sp³-hybridized carbons (Fsp3) is 0.100. The highest BCUT2D eigenvalue weighted by molar-refractivity contribution is 7.99. The van der Waals surface area contributed by atoms with Gasteiger partial charge in [-0.05, 0) is 30.8 Å². The number of pyridine rings is 1. The highest BCUT2D eigenvalue weighted by Crippen LogP contribution is 2.25. The minimum atomic E-state index is 0.525. The summed E-state index contributed by atoms with van der Waals surface area (Å²) < 4.78 is 5.08. The molecule has 0 spiro atoms. The number of nitrogens with zero attached hydrogens (tertiary/aromatic N) is 3. The first-order valence-electron chi connectivity index (χ1n) is 4.24. The Morgan fingerprint density at radius 2 is 2.33 bits per heavy atom. The topological polar surface area (TPSA) is 62.7 Å². The van der Waals surface area contributed by atoms with Crippen LogP contribution in [0.5, 0.6) is 0 Å². The minimum absolute atomic E-state index is 0.525. The van der Waals surface area contributed by atoms with Gasteiger partial charge in [0.25, 0.3) is 5.22 Å². The lowest BCUT2D eigenvalue weighted by Gasteiger charge is -1.98. The van der Waals surface area contributed by atoms with E-state index in [2.05, 4.69) is 16.0 Å². The number of aromatic nitrogens is 2. The second-order valence-electron chi connectivity index (χ2n) is 2.85. The van der Waals surface area contributed by atoms with Gasteiger partial charge in [-0.1, -0.05) is 0 Å². The maximum absolute atomic E-state index is 8.79. The Hall–Kier alpha value is -1.80. The van der Waals surface area contributed by atoms with E-state index >= 15 is 0 Å². The second-order valence-corrected chi connectivity index (χ2v) is 3.82. The molecule has 0 amide bonds. The molecule has 2 aromatic heterocycles. The molecule has 0 saturated heterocycles. The predicted octanol–water partition coefficient (Wildman–Crippen LogP) is 2.40. The van der Waals surface area contributed by atoms with Crippen LogP contribution in [0.4, 0.5) is 0 Å². The molecule has 0 fully saturated rings. The molecule has 0 unspecified atom stereocenters. The average Bonchev–Trinajstić information content (AvgIpc) is 2.69. The van der Waals surface area contributed by atoms with E-state index in [9.17, 15) is 0 Å². The Labute approximate surface area is 91.0 Å². The van der Waals surface area contributed by atoms with E-state index in [1.165, 1.54) is 18.0 Å². The Balaban J connectivity index is 2.29. The summed E-state index contributed by atoms with van der Waals surface area (Å²) >= 11 is 1.30. The number of rotatable bonds is 2. The van der Waals surface area contributed by atoms with Gasteiger partial charge in [0, 0.05) is 5.69 Å². The van der Waals surface area contributed by atoms with Gasteiger partial charge in [-0.2, -0.15) is 5.26 Å². The average molecular weight is 217 g/mol. The van der Waals surface area contributed by atoms with Crippen molar-refractivity contribution >= 4 is 11.8 Å². The third kappa shape index (κ3) is 2.36. The Kier molecular flexibility index (Phi) is 2.70. The van der Waals surface area contributed by atoms with Crippen molar-refractivity contribution < 1.29 is 4.42 Å². The van der Waals surface area contributed by atoms with E-state index in [0.717, 1.165) is 5.69 Å². The van der Waals surface area contributed by atoms with Gasteiger partial charge in [-0.25, -0.2) is 9.97 Å². The zero-order valence-corrected chi connectivity index (χ0v) is 8.78. The van der Waals surface area contributed by atoms with Crippen molar-refractivity contribution in [2.45, 2.75) is 17.2 Å². The summed E-state index contributed by atoms with van der Waals surface area (Å²) in [6, 6.07) is 5.53. The molecule has 2 heterocycles. The largest absolute Gasteiger partial charge is 0.440 e. The maximum atomic E-state index is 8.79. The minimum Gasteiger partial charge on any atom is -0.440 e. The molecule has 2 aromatic rings. The van der Waals surface area contributed by atoms with Gasteiger partial charge in [0.15, 0.2) is 0 Å². The van der Waals surface area contributed by atoms with Crippen molar-refractivity contribution in [2.75, 3.05) is 0 Å². The molecule has 0 atom stereocenters. The van der Waals surface area contributed by atoms with Crippen molar-refractivity contribution in [3.63, 3.8) is 0 Å². The standard InChI is InChI=1S/C10H7N3OS/c1-7-4-8(6-11)5-9(13-7)15-10-12-2-3-14-10/h2-5H,1H3. The summed E-state index contributed by atoms with van der Waals surface area (Å²) in [6.07, 6.45) is 3.08. The second kappa shape index (κ2) is 4.15. The number of oxazole rings is 1. The Bertz CT molecular complexity index is 502. The van der Waals surface area contributed by atoms with Crippen LogP contribution in [-0.4, -0.2) is 9.97 Å². The molecule has 0 saturated carbocycles. The van der Waals surface area contributed by atoms with Gasteiger partial charge in [0.1, 0.15) is 11.3 Å². The van der Waals surface area contributed by atoms with Crippen LogP contribution >= 0.6 is 11.8 Å². The molecule has 0 radical (unpaired) electrons. The lowest BCUT2D eigenvalue weighted by atomic mass is 10.2. The lowest BCUT2D eigenvalue weighted by Crippen LogP contribution is -1.87. The monoisotopic (exact) mass is 217 g/mol. The highest BCUT2D eigenvalue weighted by atomic mass is 32.2. The summed E-state index contributed by atoms with van der Waals surface area (Å²) in [4.78, 5) is 8.24. The van der Waals surface area contributed by atoms with E-state index in [-0.39, 0.29) is 0 Å². The van der Waals surface area contributed by atoms with Crippen LogP contribution in [0.1, 0.15) is 11.3 Å². The third-order valence-corrected chi connectivity index (χ3v) is 2.46. The molecule has 5 heteroatoms. The summed E-state index contributed by atoms with van der Waals surface area (Å²) in [5, 5.41) is 10.0. The predicted molar refractivity (Wildman–Crippen MR) is 54.3 cm³/mol. The molecule has 0 aliphatic rings. The van der Waals surface area contributed by atoms with Gasteiger partial charge in [0.2, 0.25) is 0 Å². The molecule has 4 nitrogen and oxygen atoms in total. The molecule has 0 aliphatic carbocycles. The van der Waals surface area contributed by atoms with Crippen molar-refractivity contribution in [2.24, 2.45) is 0 Å². The SMILES string of the molecule is Cc1cc(C#N)cc(Sc2ncco2)n1. The zero-order valence-electron chi connectivity index (χ0n) is 7.97. The molecular formula is C10H7N3OS. The first-order chi connectivity index (χ1) is 7.28.